The van der Waals surface area contributed by atoms with Gasteiger partial charge in [0.2, 0.25) is 5.91 Å². The fourth-order valence-electron chi connectivity index (χ4n) is 7.54. The van der Waals surface area contributed by atoms with E-state index < -0.39 is 18.2 Å². The highest BCUT2D eigenvalue weighted by molar-refractivity contribution is 5.77. The first-order valence-corrected chi connectivity index (χ1v) is 25.4. The van der Waals surface area contributed by atoms with Gasteiger partial charge in [-0.1, -0.05) is 223 Å². The monoisotopic (exact) mass is 828 g/mol. The zero-order chi connectivity index (χ0) is 43.1. The minimum Gasteiger partial charge on any atom is -0.462 e. The Bertz CT molecular complexity index is 1020. The van der Waals surface area contributed by atoms with Crippen molar-refractivity contribution in [2.45, 2.75) is 270 Å². The maximum atomic E-state index is 13.2. The largest absolute Gasteiger partial charge is 0.462 e. The van der Waals surface area contributed by atoms with E-state index in [2.05, 4.69) is 74.7 Å². The lowest BCUT2D eigenvalue weighted by molar-refractivity contribution is -0.151. The van der Waals surface area contributed by atoms with E-state index >= 15 is 0 Å². The van der Waals surface area contributed by atoms with Gasteiger partial charge in [-0.3, -0.25) is 9.59 Å². The average Bonchev–Trinajstić information content (AvgIpc) is 3.23. The van der Waals surface area contributed by atoms with Gasteiger partial charge in [-0.05, 0) is 64.2 Å². The second-order valence-corrected chi connectivity index (χ2v) is 17.2. The van der Waals surface area contributed by atoms with Gasteiger partial charge in [-0.25, -0.2) is 0 Å². The summed E-state index contributed by atoms with van der Waals surface area (Å²) in [7, 11) is 0. The smallest absolute Gasteiger partial charge is 0.306 e. The van der Waals surface area contributed by atoms with Gasteiger partial charge in [0.1, 0.15) is 6.10 Å². The Morgan fingerprint density at radius 1 is 0.492 bits per heavy atom. The molecule has 0 fully saturated rings. The number of hydrogen-bond donors (Lipinski definition) is 3. The van der Waals surface area contributed by atoms with Gasteiger partial charge in [0.25, 0.3) is 0 Å². The van der Waals surface area contributed by atoms with Crippen LogP contribution in [0.4, 0.5) is 0 Å². The molecule has 59 heavy (non-hydrogen) atoms. The molecule has 0 rings (SSSR count). The van der Waals surface area contributed by atoms with Gasteiger partial charge < -0.3 is 20.3 Å². The lowest BCUT2D eigenvalue weighted by Crippen LogP contribution is -2.46. The predicted molar refractivity (Wildman–Crippen MR) is 255 cm³/mol. The summed E-state index contributed by atoms with van der Waals surface area (Å²) in [5.74, 6) is -0.523. The molecule has 0 aromatic rings. The van der Waals surface area contributed by atoms with Crippen LogP contribution in [0.2, 0.25) is 0 Å². The van der Waals surface area contributed by atoms with Crippen LogP contribution in [0.5, 0.6) is 0 Å². The maximum Gasteiger partial charge on any atom is 0.306 e. The molecule has 0 saturated carbocycles. The van der Waals surface area contributed by atoms with Crippen LogP contribution in [0.25, 0.3) is 0 Å². The Kier molecular flexibility index (Phi) is 45.1. The average molecular weight is 828 g/mol. The van der Waals surface area contributed by atoms with E-state index in [0.717, 1.165) is 70.6 Å². The van der Waals surface area contributed by atoms with Crippen LogP contribution < -0.4 is 5.32 Å². The molecule has 1 amide bonds. The van der Waals surface area contributed by atoms with Crippen molar-refractivity contribution in [2.24, 2.45) is 0 Å². The highest BCUT2D eigenvalue weighted by atomic mass is 16.5. The highest BCUT2D eigenvalue weighted by Crippen LogP contribution is 2.17. The number of rotatable bonds is 45. The molecular formula is C53H97NO5. The topological polar surface area (TPSA) is 95.9 Å². The Labute approximate surface area is 366 Å². The lowest BCUT2D eigenvalue weighted by atomic mass is 10.0. The van der Waals surface area contributed by atoms with Gasteiger partial charge in [0.15, 0.2) is 0 Å². The molecule has 0 bridgehead atoms. The van der Waals surface area contributed by atoms with Crippen molar-refractivity contribution in [1.82, 2.24) is 5.32 Å². The predicted octanol–water partition coefficient (Wildman–Crippen LogP) is 15.1. The van der Waals surface area contributed by atoms with Crippen molar-refractivity contribution in [1.29, 1.82) is 0 Å². The van der Waals surface area contributed by atoms with E-state index in [0.29, 0.717) is 19.3 Å². The van der Waals surface area contributed by atoms with Crippen molar-refractivity contribution >= 4 is 11.9 Å². The number of carbonyl (C=O) groups excluding carboxylic acids is 2. The molecule has 0 aromatic heterocycles. The number of unbranched alkanes of at least 4 members (excludes halogenated alkanes) is 25. The molecule has 0 spiro atoms. The molecule has 0 aromatic carbocycles. The van der Waals surface area contributed by atoms with E-state index in [4.69, 9.17) is 4.74 Å². The van der Waals surface area contributed by atoms with Crippen molar-refractivity contribution in [3.63, 3.8) is 0 Å². The standard InChI is InChI=1S/C53H97NO5/c1-4-7-10-13-16-19-22-24-25-26-27-28-30-32-35-38-41-44-49(59-53(58)46-43-40-37-34-29-21-18-15-12-9-6-3)47-52(57)54-50(48-55)51(56)45-42-39-36-33-31-23-20-17-14-11-8-5-2/h16,19,24-25,27-28,32,35,49-51,55-56H,4-15,17-18,20-23,26,29-31,33-34,36-48H2,1-3H3,(H,54,57)/b19-16-,25-24-,28-27-,35-32-. The van der Waals surface area contributed by atoms with E-state index in [1.807, 2.05) is 0 Å². The van der Waals surface area contributed by atoms with Crippen molar-refractivity contribution < 1.29 is 24.5 Å². The molecule has 3 N–H and O–H groups in total. The Morgan fingerprint density at radius 2 is 0.881 bits per heavy atom. The van der Waals surface area contributed by atoms with Crippen LogP contribution >= 0.6 is 0 Å². The third kappa shape index (κ3) is 42.3. The van der Waals surface area contributed by atoms with Crippen LogP contribution in [0, 0.1) is 0 Å². The SMILES string of the molecule is CCCCC/C=C\C/C=C\C/C=C\C/C=C\CCCC(CC(=O)NC(CO)C(O)CCCCCCCCCCCCCC)OC(=O)CCCCCCCCCCCCC. The summed E-state index contributed by atoms with van der Waals surface area (Å²) < 4.78 is 5.90. The minimum absolute atomic E-state index is 0.0421. The minimum atomic E-state index is -0.799. The zero-order valence-corrected chi connectivity index (χ0v) is 39.1. The van der Waals surface area contributed by atoms with Crippen LogP contribution in [-0.2, 0) is 14.3 Å². The number of esters is 1. The molecule has 0 aliphatic heterocycles. The summed E-state index contributed by atoms with van der Waals surface area (Å²) in [6, 6.07) is -0.716. The van der Waals surface area contributed by atoms with Gasteiger partial charge in [-0.15, -0.1) is 0 Å². The van der Waals surface area contributed by atoms with E-state index in [-0.39, 0.29) is 24.9 Å². The van der Waals surface area contributed by atoms with Crippen LogP contribution in [0.3, 0.4) is 0 Å². The number of carbonyl (C=O) groups is 2. The first-order valence-electron chi connectivity index (χ1n) is 25.4. The molecule has 0 aliphatic rings. The van der Waals surface area contributed by atoms with Gasteiger partial charge >= 0.3 is 5.97 Å². The van der Waals surface area contributed by atoms with Gasteiger partial charge in [-0.2, -0.15) is 0 Å². The fourth-order valence-corrected chi connectivity index (χ4v) is 7.54. The number of amides is 1. The molecule has 344 valence electrons. The summed E-state index contributed by atoms with van der Waals surface area (Å²) in [6.45, 7) is 6.43. The van der Waals surface area contributed by atoms with Crippen molar-refractivity contribution in [3.05, 3.63) is 48.6 Å². The Morgan fingerprint density at radius 3 is 1.34 bits per heavy atom. The first-order chi connectivity index (χ1) is 29.0. The quantitative estimate of drug-likeness (QED) is 0.0323. The van der Waals surface area contributed by atoms with E-state index in [9.17, 15) is 19.8 Å². The normalized spacial score (nSPS) is 13.6. The molecule has 0 saturated heterocycles. The second kappa shape index (κ2) is 46.9. The number of aliphatic hydroxyl groups excluding tert-OH is 2. The molecule has 6 nitrogen and oxygen atoms in total. The lowest BCUT2D eigenvalue weighted by Gasteiger charge is -2.24. The molecule has 0 aliphatic carbocycles. The third-order valence-corrected chi connectivity index (χ3v) is 11.4. The molecule has 0 heterocycles. The number of allylic oxidation sites excluding steroid dienone is 8. The summed E-state index contributed by atoms with van der Waals surface area (Å²) in [5.41, 5.74) is 0. The number of hydrogen-bond acceptors (Lipinski definition) is 5. The Hall–Kier alpha value is -2.18. The summed E-state index contributed by atoms with van der Waals surface area (Å²) >= 11 is 0. The summed E-state index contributed by atoms with van der Waals surface area (Å²) in [6.07, 6.45) is 56.0. The molecule has 3 atom stereocenters. The maximum absolute atomic E-state index is 13.2. The number of aliphatic hydroxyl groups is 2. The van der Waals surface area contributed by atoms with Crippen LogP contribution in [-0.4, -0.2) is 46.9 Å². The molecule has 0 radical (unpaired) electrons. The number of ether oxygens (including phenoxy) is 1. The molecule has 6 heteroatoms. The van der Waals surface area contributed by atoms with Crippen LogP contribution in [0.1, 0.15) is 252 Å². The highest BCUT2D eigenvalue weighted by Gasteiger charge is 2.24. The van der Waals surface area contributed by atoms with Gasteiger partial charge in [0, 0.05) is 6.42 Å². The number of nitrogens with one attached hydrogen (secondary N) is 1. The zero-order valence-electron chi connectivity index (χ0n) is 39.1. The van der Waals surface area contributed by atoms with Gasteiger partial charge in [0.05, 0.1) is 25.2 Å². The van der Waals surface area contributed by atoms with Crippen molar-refractivity contribution in [3.8, 4) is 0 Å². The summed E-state index contributed by atoms with van der Waals surface area (Å²) in [5, 5.41) is 23.7. The Balaban J connectivity index is 4.68. The first kappa shape index (κ1) is 56.8. The second-order valence-electron chi connectivity index (χ2n) is 17.2. The molecular weight excluding hydrogens is 731 g/mol. The summed E-state index contributed by atoms with van der Waals surface area (Å²) in [4.78, 5) is 26.1. The molecule has 3 unspecified atom stereocenters. The van der Waals surface area contributed by atoms with E-state index in [1.54, 1.807) is 0 Å². The van der Waals surface area contributed by atoms with Crippen LogP contribution in [0.15, 0.2) is 48.6 Å². The van der Waals surface area contributed by atoms with Crippen molar-refractivity contribution in [2.75, 3.05) is 6.61 Å². The van der Waals surface area contributed by atoms with E-state index in [1.165, 1.54) is 135 Å². The fraction of sp³-hybridized carbons (Fsp3) is 0.811. The third-order valence-electron chi connectivity index (χ3n) is 11.4.